The molecule has 3 heteroatoms. The Hall–Kier alpha value is -0.440. The molecule has 2 rings (SSSR count). The van der Waals surface area contributed by atoms with Crippen molar-refractivity contribution in [3.63, 3.8) is 0 Å². The zero-order chi connectivity index (χ0) is 10.2. The Morgan fingerprint density at radius 3 is 2.00 bits per heavy atom. The zero-order valence-corrected chi connectivity index (χ0v) is 9.36. The third-order valence-corrected chi connectivity index (χ3v) is 3.14. The maximum Gasteiger partial charge on any atom is 0.172 e. The van der Waals surface area contributed by atoms with Crippen molar-refractivity contribution in [1.29, 1.82) is 0 Å². The maximum atomic E-state index is 5.23. The third kappa shape index (κ3) is 2.53. The van der Waals surface area contributed by atoms with E-state index >= 15 is 0 Å². The van der Waals surface area contributed by atoms with E-state index < -0.39 is 5.72 Å². The van der Waals surface area contributed by atoms with Gasteiger partial charge in [-0.2, -0.15) is 10.2 Å². The normalized spacial score (nSPS) is 23.7. The van der Waals surface area contributed by atoms with Gasteiger partial charge in [-0.1, -0.05) is 0 Å². The van der Waals surface area contributed by atoms with Gasteiger partial charge >= 0.3 is 0 Å². The third-order valence-electron chi connectivity index (χ3n) is 3.14. The van der Waals surface area contributed by atoms with Crippen molar-refractivity contribution in [1.82, 2.24) is 0 Å². The summed E-state index contributed by atoms with van der Waals surface area (Å²) in [6.07, 6.45) is 5.42. The molecular weight excluding hydrogens is 176 g/mol. The first-order valence-corrected chi connectivity index (χ1v) is 5.59. The summed E-state index contributed by atoms with van der Waals surface area (Å²) < 4.78 is 5.23. The molecule has 0 amide bonds. The molecule has 0 aliphatic heterocycles. The van der Waals surface area contributed by atoms with Crippen LogP contribution < -0.4 is 0 Å². The molecule has 0 saturated heterocycles. The average Bonchev–Trinajstić information content (AvgIpc) is 2.99. The van der Waals surface area contributed by atoms with Crippen molar-refractivity contribution in [3.8, 4) is 0 Å². The molecule has 0 radical (unpaired) electrons. The van der Waals surface area contributed by atoms with Gasteiger partial charge in [0.2, 0.25) is 0 Å². The fourth-order valence-corrected chi connectivity index (χ4v) is 1.70. The summed E-state index contributed by atoms with van der Waals surface area (Å²) in [5.74, 6) is 1.66. The fraction of sp³-hybridized carbons (Fsp3) is 1.00. The molecule has 0 spiro atoms. The van der Waals surface area contributed by atoms with Crippen LogP contribution in [-0.2, 0) is 4.74 Å². The lowest BCUT2D eigenvalue weighted by molar-refractivity contribution is 0.0225. The molecule has 0 heterocycles. The minimum atomic E-state index is -0.442. The number of hydrogen-bond acceptors (Lipinski definition) is 3. The highest BCUT2D eigenvalue weighted by atomic mass is 16.5. The standard InChI is InChI=1S/C11H20N2O/c1-11(2,14-3)13-12-10(8-4-5-8)9-6-7-9/h8-10H,4-7H2,1-3H3. The summed E-state index contributed by atoms with van der Waals surface area (Å²) in [7, 11) is 1.68. The number of rotatable bonds is 5. The fourth-order valence-electron chi connectivity index (χ4n) is 1.70. The first-order chi connectivity index (χ1) is 6.62. The summed E-state index contributed by atoms with van der Waals surface area (Å²) in [4.78, 5) is 0. The smallest absolute Gasteiger partial charge is 0.172 e. The number of hydrogen-bond donors (Lipinski definition) is 0. The minimum absolute atomic E-state index is 0.442. The van der Waals surface area contributed by atoms with Gasteiger partial charge in [0.25, 0.3) is 0 Å². The van der Waals surface area contributed by atoms with Crippen molar-refractivity contribution in [2.75, 3.05) is 7.11 Å². The van der Waals surface area contributed by atoms with Crippen LogP contribution in [0.3, 0.4) is 0 Å². The van der Waals surface area contributed by atoms with E-state index in [0.717, 1.165) is 11.8 Å². The molecule has 14 heavy (non-hydrogen) atoms. The Labute approximate surface area is 85.9 Å². The van der Waals surface area contributed by atoms with Crippen LogP contribution in [0.1, 0.15) is 39.5 Å². The molecule has 0 aromatic carbocycles. The van der Waals surface area contributed by atoms with Crippen LogP contribution in [0.5, 0.6) is 0 Å². The summed E-state index contributed by atoms with van der Waals surface area (Å²) in [6, 6.07) is 0.504. The largest absolute Gasteiger partial charge is 0.356 e. The van der Waals surface area contributed by atoms with Crippen molar-refractivity contribution in [2.45, 2.75) is 51.3 Å². The summed E-state index contributed by atoms with van der Waals surface area (Å²) in [6.45, 7) is 3.90. The van der Waals surface area contributed by atoms with Crippen molar-refractivity contribution >= 4 is 0 Å². The van der Waals surface area contributed by atoms with E-state index in [-0.39, 0.29) is 0 Å². The first kappa shape index (κ1) is 10.1. The average molecular weight is 196 g/mol. The Morgan fingerprint density at radius 2 is 1.64 bits per heavy atom. The van der Waals surface area contributed by atoms with Gasteiger partial charge in [-0.15, -0.1) is 0 Å². The second-order valence-corrected chi connectivity index (χ2v) is 5.03. The topological polar surface area (TPSA) is 34.0 Å². The SMILES string of the molecule is COC(C)(C)N=NC(C1CC1)C1CC1. The van der Waals surface area contributed by atoms with Gasteiger partial charge in [-0.25, -0.2) is 0 Å². The molecule has 0 aromatic rings. The Balaban J connectivity index is 1.92. The minimum Gasteiger partial charge on any atom is -0.356 e. The second kappa shape index (κ2) is 3.61. The highest BCUT2D eigenvalue weighted by Gasteiger charge is 2.42. The van der Waals surface area contributed by atoms with Crippen molar-refractivity contribution in [3.05, 3.63) is 0 Å². The van der Waals surface area contributed by atoms with Gasteiger partial charge in [0, 0.05) is 7.11 Å². The quantitative estimate of drug-likeness (QED) is 0.622. The molecule has 2 saturated carbocycles. The van der Waals surface area contributed by atoms with E-state index in [9.17, 15) is 0 Å². The lowest BCUT2D eigenvalue weighted by Gasteiger charge is -2.17. The molecule has 0 bridgehead atoms. The van der Waals surface area contributed by atoms with Crippen molar-refractivity contribution in [2.24, 2.45) is 22.1 Å². The lowest BCUT2D eigenvalue weighted by Crippen LogP contribution is -2.20. The predicted molar refractivity (Wildman–Crippen MR) is 55.2 cm³/mol. The van der Waals surface area contributed by atoms with E-state index in [1.165, 1.54) is 25.7 Å². The predicted octanol–water partition coefficient (Wildman–Crippen LogP) is 3.01. The Morgan fingerprint density at radius 1 is 1.14 bits per heavy atom. The van der Waals surface area contributed by atoms with Gasteiger partial charge < -0.3 is 4.74 Å². The zero-order valence-electron chi connectivity index (χ0n) is 9.36. The van der Waals surface area contributed by atoms with E-state index in [0.29, 0.717) is 6.04 Å². The van der Waals surface area contributed by atoms with Gasteiger partial charge in [0.05, 0.1) is 6.04 Å². The number of azo groups is 1. The number of nitrogens with zero attached hydrogens (tertiary/aromatic N) is 2. The molecule has 2 fully saturated rings. The molecule has 3 nitrogen and oxygen atoms in total. The molecule has 0 aromatic heterocycles. The van der Waals surface area contributed by atoms with Crippen LogP contribution in [0.15, 0.2) is 10.2 Å². The summed E-state index contributed by atoms with van der Waals surface area (Å²) in [5.41, 5.74) is -0.442. The lowest BCUT2D eigenvalue weighted by atomic mass is 10.1. The highest BCUT2D eigenvalue weighted by Crippen LogP contribution is 2.46. The van der Waals surface area contributed by atoms with E-state index in [4.69, 9.17) is 4.74 Å². The van der Waals surface area contributed by atoms with Crippen molar-refractivity contribution < 1.29 is 4.74 Å². The molecule has 0 N–H and O–H groups in total. The van der Waals surface area contributed by atoms with E-state index in [2.05, 4.69) is 10.2 Å². The first-order valence-electron chi connectivity index (χ1n) is 5.59. The second-order valence-electron chi connectivity index (χ2n) is 5.03. The monoisotopic (exact) mass is 196 g/mol. The highest BCUT2D eigenvalue weighted by molar-refractivity contribution is 4.95. The maximum absolute atomic E-state index is 5.23. The van der Waals surface area contributed by atoms with Crippen LogP contribution in [0.2, 0.25) is 0 Å². The Bertz CT molecular complexity index is 217. The van der Waals surface area contributed by atoms with Crippen LogP contribution in [-0.4, -0.2) is 18.9 Å². The molecular formula is C11H20N2O. The van der Waals surface area contributed by atoms with Gasteiger partial charge in [0.15, 0.2) is 5.72 Å². The van der Waals surface area contributed by atoms with Crippen LogP contribution in [0, 0.1) is 11.8 Å². The molecule has 2 aliphatic carbocycles. The number of methoxy groups -OCH3 is 1. The van der Waals surface area contributed by atoms with Crippen LogP contribution >= 0.6 is 0 Å². The molecule has 2 aliphatic rings. The Kier molecular flexibility index (Phi) is 2.60. The van der Waals surface area contributed by atoms with Crippen LogP contribution in [0.4, 0.5) is 0 Å². The molecule has 0 atom stereocenters. The number of ether oxygens (including phenoxy) is 1. The van der Waals surface area contributed by atoms with E-state index in [1.54, 1.807) is 7.11 Å². The summed E-state index contributed by atoms with van der Waals surface area (Å²) >= 11 is 0. The van der Waals surface area contributed by atoms with E-state index in [1.807, 2.05) is 13.8 Å². The van der Waals surface area contributed by atoms with Crippen LogP contribution in [0.25, 0.3) is 0 Å². The van der Waals surface area contributed by atoms with Gasteiger partial charge in [0.1, 0.15) is 0 Å². The van der Waals surface area contributed by atoms with Gasteiger partial charge in [-0.05, 0) is 51.4 Å². The molecule has 0 unspecified atom stereocenters. The van der Waals surface area contributed by atoms with Gasteiger partial charge in [-0.3, -0.25) is 0 Å². The molecule has 80 valence electrons. The summed E-state index contributed by atoms with van der Waals surface area (Å²) in [5, 5.41) is 8.79.